The molecule has 0 unspecified atom stereocenters. The fraction of sp³-hybridized carbons (Fsp3) is 0.667. The van der Waals surface area contributed by atoms with E-state index >= 15 is 0 Å². The molecule has 18 heavy (non-hydrogen) atoms. The van der Waals surface area contributed by atoms with E-state index in [0.29, 0.717) is 10.9 Å². The highest BCUT2D eigenvalue weighted by Crippen LogP contribution is 2.16. The van der Waals surface area contributed by atoms with Gasteiger partial charge in [0.1, 0.15) is 5.70 Å². The van der Waals surface area contributed by atoms with Gasteiger partial charge < -0.3 is 16.8 Å². The molecule has 0 heterocycles. The standard InChI is InChI=1S/C12H24N4OS/c1-7(2)9(15-11(14)18-6)8(13)10(17)16-12(3,4)5/h7H,13H2,1-6H3,(H2,14,15)(H,16,17)/b9-8+. The van der Waals surface area contributed by atoms with Crippen molar-refractivity contribution in [1.82, 2.24) is 5.32 Å². The molecule has 0 aromatic carbocycles. The first-order valence-corrected chi connectivity index (χ1v) is 7.01. The zero-order chi connectivity index (χ0) is 14.5. The van der Waals surface area contributed by atoms with E-state index in [1.165, 1.54) is 11.8 Å². The maximum atomic E-state index is 12.0. The summed E-state index contributed by atoms with van der Waals surface area (Å²) < 4.78 is 0. The lowest BCUT2D eigenvalue weighted by Gasteiger charge is -2.21. The van der Waals surface area contributed by atoms with Crippen molar-refractivity contribution in [2.24, 2.45) is 22.4 Å². The maximum absolute atomic E-state index is 12.0. The second kappa shape index (κ2) is 6.68. The van der Waals surface area contributed by atoms with Crippen molar-refractivity contribution >= 4 is 22.8 Å². The van der Waals surface area contributed by atoms with Crippen LogP contribution in [0.15, 0.2) is 16.4 Å². The molecule has 0 saturated carbocycles. The number of rotatable bonds is 3. The van der Waals surface area contributed by atoms with E-state index in [9.17, 15) is 4.79 Å². The van der Waals surface area contributed by atoms with Crippen molar-refractivity contribution in [1.29, 1.82) is 0 Å². The Kier molecular flexibility index (Phi) is 6.25. The highest BCUT2D eigenvalue weighted by Gasteiger charge is 2.19. The molecule has 0 aromatic heterocycles. The molecule has 0 atom stereocenters. The first-order chi connectivity index (χ1) is 8.08. The van der Waals surface area contributed by atoms with Gasteiger partial charge in [0.25, 0.3) is 5.91 Å². The third-order valence-corrected chi connectivity index (χ3v) is 2.51. The van der Waals surface area contributed by atoms with Crippen molar-refractivity contribution in [2.45, 2.75) is 40.2 Å². The van der Waals surface area contributed by atoms with Crippen LogP contribution < -0.4 is 16.8 Å². The molecule has 0 aliphatic carbocycles. The fourth-order valence-electron chi connectivity index (χ4n) is 1.19. The topological polar surface area (TPSA) is 93.5 Å². The lowest BCUT2D eigenvalue weighted by atomic mass is 10.1. The smallest absolute Gasteiger partial charge is 0.269 e. The Morgan fingerprint density at radius 1 is 1.28 bits per heavy atom. The summed E-state index contributed by atoms with van der Waals surface area (Å²) in [5, 5.41) is 3.20. The van der Waals surface area contributed by atoms with E-state index in [1.807, 2.05) is 40.9 Å². The van der Waals surface area contributed by atoms with Gasteiger partial charge in [0.15, 0.2) is 5.17 Å². The molecule has 0 aliphatic heterocycles. The number of hydrogen-bond acceptors (Lipinski definition) is 4. The minimum Gasteiger partial charge on any atom is -0.393 e. The van der Waals surface area contributed by atoms with Crippen molar-refractivity contribution in [2.75, 3.05) is 6.26 Å². The van der Waals surface area contributed by atoms with Gasteiger partial charge in [-0.3, -0.25) is 4.79 Å². The number of thioether (sulfide) groups is 1. The van der Waals surface area contributed by atoms with Gasteiger partial charge in [0, 0.05) is 5.54 Å². The molecule has 6 heteroatoms. The minimum atomic E-state index is -0.335. The van der Waals surface area contributed by atoms with Gasteiger partial charge in [-0.15, -0.1) is 0 Å². The number of nitrogens with two attached hydrogens (primary N) is 2. The van der Waals surface area contributed by atoms with Crippen LogP contribution >= 0.6 is 11.8 Å². The lowest BCUT2D eigenvalue weighted by molar-refractivity contribution is -0.119. The molecule has 1 amide bonds. The van der Waals surface area contributed by atoms with Crippen molar-refractivity contribution < 1.29 is 4.79 Å². The van der Waals surface area contributed by atoms with Crippen LogP contribution in [-0.4, -0.2) is 22.9 Å². The number of amides is 1. The van der Waals surface area contributed by atoms with Gasteiger partial charge in [-0.1, -0.05) is 25.6 Å². The Morgan fingerprint density at radius 2 is 1.78 bits per heavy atom. The van der Waals surface area contributed by atoms with Crippen LogP contribution in [0.1, 0.15) is 34.6 Å². The summed E-state index contributed by atoms with van der Waals surface area (Å²) in [4.78, 5) is 16.2. The zero-order valence-electron chi connectivity index (χ0n) is 12.0. The highest BCUT2D eigenvalue weighted by atomic mass is 32.2. The van der Waals surface area contributed by atoms with Crippen LogP contribution in [-0.2, 0) is 4.79 Å². The molecule has 0 rings (SSSR count). The molecule has 104 valence electrons. The third-order valence-electron chi connectivity index (χ3n) is 2.00. The summed E-state index contributed by atoms with van der Waals surface area (Å²) in [6.45, 7) is 9.53. The third kappa shape index (κ3) is 5.95. The number of amidine groups is 1. The fourth-order valence-corrected chi connectivity index (χ4v) is 1.38. The predicted molar refractivity (Wildman–Crippen MR) is 79.1 cm³/mol. The number of carbonyl (C=O) groups is 1. The number of aliphatic imine (C=N–C) groups is 1. The normalized spacial score (nSPS) is 14.5. The first-order valence-electron chi connectivity index (χ1n) is 5.78. The second-order valence-corrected chi connectivity index (χ2v) is 6.14. The maximum Gasteiger partial charge on any atom is 0.269 e. The van der Waals surface area contributed by atoms with Crippen molar-refractivity contribution in [3.63, 3.8) is 0 Å². The Balaban J connectivity index is 5.29. The molecule has 0 saturated heterocycles. The van der Waals surface area contributed by atoms with E-state index in [4.69, 9.17) is 11.5 Å². The molecule has 5 N–H and O–H groups in total. The van der Waals surface area contributed by atoms with E-state index in [-0.39, 0.29) is 23.1 Å². The zero-order valence-corrected chi connectivity index (χ0v) is 12.8. The second-order valence-electron chi connectivity index (χ2n) is 5.31. The number of hydrogen-bond donors (Lipinski definition) is 3. The molecular weight excluding hydrogens is 248 g/mol. The summed E-state index contributed by atoms with van der Waals surface area (Å²) in [6, 6.07) is 0. The average molecular weight is 272 g/mol. The van der Waals surface area contributed by atoms with E-state index in [0.717, 1.165) is 0 Å². The van der Waals surface area contributed by atoms with Crippen LogP contribution in [0.3, 0.4) is 0 Å². The summed E-state index contributed by atoms with van der Waals surface area (Å²) in [6.07, 6.45) is 1.82. The predicted octanol–water partition coefficient (Wildman–Crippen LogP) is 1.41. The molecule has 0 aromatic rings. The summed E-state index contributed by atoms with van der Waals surface area (Å²) in [5.41, 5.74) is 11.8. The van der Waals surface area contributed by atoms with Gasteiger partial charge in [-0.2, -0.15) is 0 Å². The van der Waals surface area contributed by atoms with Gasteiger partial charge in [-0.25, -0.2) is 4.99 Å². The summed E-state index contributed by atoms with van der Waals surface area (Å²) in [7, 11) is 0. The van der Waals surface area contributed by atoms with Gasteiger partial charge >= 0.3 is 0 Å². The van der Waals surface area contributed by atoms with E-state index in [2.05, 4.69) is 10.3 Å². The Bertz CT molecular complexity index is 367. The average Bonchev–Trinajstić information content (AvgIpc) is 2.21. The molecular formula is C12H24N4OS. The summed E-state index contributed by atoms with van der Waals surface area (Å²) >= 11 is 1.32. The molecule has 0 bridgehead atoms. The Labute approximate surface area is 113 Å². The highest BCUT2D eigenvalue weighted by molar-refractivity contribution is 8.13. The Morgan fingerprint density at radius 3 is 2.11 bits per heavy atom. The van der Waals surface area contributed by atoms with E-state index in [1.54, 1.807) is 0 Å². The first kappa shape index (κ1) is 16.8. The number of allylic oxidation sites excluding steroid dienone is 1. The quantitative estimate of drug-likeness (QED) is 0.411. The molecule has 0 aliphatic rings. The molecule has 0 fully saturated rings. The van der Waals surface area contributed by atoms with Gasteiger partial charge in [0.2, 0.25) is 0 Å². The lowest BCUT2D eigenvalue weighted by Crippen LogP contribution is -2.43. The van der Waals surface area contributed by atoms with Crippen molar-refractivity contribution in [3.8, 4) is 0 Å². The van der Waals surface area contributed by atoms with Crippen LogP contribution in [0.5, 0.6) is 0 Å². The van der Waals surface area contributed by atoms with Crippen LogP contribution in [0.4, 0.5) is 0 Å². The van der Waals surface area contributed by atoms with Crippen LogP contribution in [0.2, 0.25) is 0 Å². The number of carbonyl (C=O) groups excluding carboxylic acids is 1. The Hall–Kier alpha value is -1.17. The number of nitrogens with zero attached hydrogens (tertiary/aromatic N) is 1. The SMILES string of the molecule is CSC(N)=N/C(=C(/N)C(=O)NC(C)(C)C)C(C)C. The number of nitrogens with one attached hydrogen (secondary N) is 1. The van der Waals surface area contributed by atoms with Gasteiger partial charge in [-0.05, 0) is 32.9 Å². The largest absolute Gasteiger partial charge is 0.393 e. The van der Waals surface area contributed by atoms with Crippen LogP contribution in [0, 0.1) is 5.92 Å². The monoisotopic (exact) mass is 272 g/mol. The minimum absolute atomic E-state index is 0.0291. The van der Waals surface area contributed by atoms with E-state index < -0.39 is 0 Å². The molecule has 0 spiro atoms. The van der Waals surface area contributed by atoms with Crippen LogP contribution in [0.25, 0.3) is 0 Å². The van der Waals surface area contributed by atoms with Gasteiger partial charge in [0.05, 0.1) is 5.70 Å². The van der Waals surface area contributed by atoms with Crippen molar-refractivity contribution in [3.05, 3.63) is 11.4 Å². The molecule has 0 radical (unpaired) electrons. The summed E-state index contributed by atoms with van der Waals surface area (Å²) in [5.74, 6) is -0.287. The molecule has 5 nitrogen and oxygen atoms in total.